The number of hydrogen-bond donors (Lipinski definition) is 0. The molecule has 1 unspecified atom stereocenters. The fourth-order valence-corrected chi connectivity index (χ4v) is 8.10. The van der Waals surface area contributed by atoms with Crippen LogP contribution in [0, 0.1) is 0 Å². The SMILES string of the molecule is O=c1c2ccccc2c2ccccc2n1-c1ccc2c3ccccc3c3cc[n+](C4Cc5ccccc5-c5ccccc54)cc3c2c1. The molecule has 0 saturated heterocycles. The Kier molecular flexibility index (Phi) is 5.55. The van der Waals surface area contributed by atoms with Crippen molar-refractivity contribution in [2.24, 2.45) is 0 Å². The van der Waals surface area contributed by atoms with Gasteiger partial charge in [-0.15, -0.1) is 0 Å². The molecule has 0 saturated carbocycles. The molecule has 3 nitrogen and oxygen atoms in total. The van der Waals surface area contributed by atoms with Gasteiger partial charge in [-0.05, 0) is 67.9 Å². The highest BCUT2D eigenvalue weighted by atomic mass is 16.1. The smallest absolute Gasteiger partial charge is 0.263 e. The Morgan fingerprint density at radius 1 is 0.511 bits per heavy atom. The van der Waals surface area contributed by atoms with Crippen molar-refractivity contribution in [2.75, 3.05) is 0 Å². The average molecular weight is 602 g/mol. The second-order valence-electron chi connectivity index (χ2n) is 12.7. The molecule has 0 N–H and O–H groups in total. The molecule has 3 heteroatoms. The lowest BCUT2D eigenvalue weighted by molar-refractivity contribution is -0.712. The number of aromatic nitrogens is 2. The van der Waals surface area contributed by atoms with E-state index in [2.05, 4.69) is 126 Å². The zero-order valence-electron chi connectivity index (χ0n) is 25.6. The van der Waals surface area contributed by atoms with Crippen LogP contribution in [-0.2, 0) is 6.42 Å². The summed E-state index contributed by atoms with van der Waals surface area (Å²) in [5.74, 6) is 0. The van der Waals surface area contributed by atoms with Crippen LogP contribution in [0.4, 0.5) is 0 Å². The van der Waals surface area contributed by atoms with E-state index in [1.807, 2.05) is 41.0 Å². The zero-order chi connectivity index (χ0) is 31.1. The van der Waals surface area contributed by atoms with Crippen molar-refractivity contribution in [3.8, 4) is 16.8 Å². The molecule has 10 rings (SSSR count). The Morgan fingerprint density at radius 3 is 1.91 bits per heavy atom. The van der Waals surface area contributed by atoms with Gasteiger partial charge in [-0.1, -0.05) is 115 Å². The number of fused-ring (bicyclic) bond motifs is 12. The lowest BCUT2D eigenvalue weighted by atomic mass is 9.82. The fraction of sp³-hybridized carbons (Fsp3) is 0.0455. The number of rotatable bonds is 2. The van der Waals surface area contributed by atoms with Crippen molar-refractivity contribution in [3.05, 3.63) is 179 Å². The third-order valence-corrected chi connectivity index (χ3v) is 10.2. The molecule has 0 bridgehead atoms. The van der Waals surface area contributed by atoms with E-state index in [0.717, 1.165) is 39.2 Å². The predicted molar refractivity (Wildman–Crippen MR) is 193 cm³/mol. The Labute approximate surface area is 271 Å². The van der Waals surface area contributed by atoms with Crippen molar-refractivity contribution < 1.29 is 4.57 Å². The molecule has 0 aliphatic heterocycles. The topological polar surface area (TPSA) is 25.9 Å². The van der Waals surface area contributed by atoms with Gasteiger partial charge in [0.1, 0.15) is 0 Å². The maximum Gasteiger partial charge on any atom is 0.263 e. The summed E-state index contributed by atoms with van der Waals surface area (Å²) in [6.07, 6.45) is 5.52. The largest absolute Gasteiger partial charge is 0.276 e. The maximum absolute atomic E-state index is 14.2. The molecule has 0 spiro atoms. The van der Waals surface area contributed by atoms with Crippen molar-refractivity contribution in [1.29, 1.82) is 0 Å². The normalized spacial score (nSPS) is 14.2. The summed E-state index contributed by atoms with van der Waals surface area (Å²) in [6.45, 7) is 0. The van der Waals surface area contributed by atoms with E-state index in [4.69, 9.17) is 0 Å². The van der Waals surface area contributed by atoms with Gasteiger partial charge < -0.3 is 0 Å². The van der Waals surface area contributed by atoms with Gasteiger partial charge in [0.2, 0.25) is 0 Å². The van der Waals surface area contributed by atoms with Gasteiger partial charge in [0.15, 0.2) is 18.4 Å². The maximum atomic E-state index is 14.2. The Hall–Kier alpha value is -6.06. The monoisotopic (exact) mass is 601 g/mol. The molecule has 9 aromatic rings. The lowest BCUT2D eigenvalue weighted by Crippen LogP contribution is -2.42. The van der Waals surface area contributed by atoms with Crippen molar-refractivity contribution in [2.45, 2.75) is 12.5 Å². The first-order chi connectivity index (χ1) is 23.2. The standard InChI is InChI=1S/C44H29N2O/c47-44-39-19-8-6-16-34(39)37-17-9-10-20-42(37)46(44)29-21-22-35-32-14-3-4-15-33(32)36-23-24-45(27-41(36)40(35)26-29)43-25-28-11-1-2-12-30(28)31-13-5-7-18-38(31)43/h1-24,26-27,43H,25H2/q+1. The minimum Gasteiger partial charge on any atom is -0.276 e. The van der Waals surface area contributed by atoms with Crippen LogP contribution in [0.1, 0.15) is 17.2 Å². The zero-order valence-corrected chi connectivity index (χ0v) is 25.6. The summed E-state index contributed by atoms with van der Waals surface area (Å²) in [6, 6.07) is 51.4. The van der Waals surface area contributed by atoms with Gasteiger partial charge in [0.25, 0.3) is 5.56 Å². The van der Waals surface area contributed by atoms with E-state index < -0.39 is 0 Å². The van der Waals surface area contributed by atoms with Crippen molar-refractivity contribution in [3.63, 3.8) is 0 Å². The van der Waals surface area contributed by atoms with E-state index >= 15 is 0 Å². The minimum absolute atomic E-state index is 0.00344. The molecule has 1 atom stereocenters. The van der Waals surface area contributed by atoms with Crippen LogP contribution < -0.4 is 10.1 Å². The molecule has 0 amide bonds. The molecular weight excluding hydrogens is 572 g/mol. The van der Waals surface area contributed by atoms with E-state index in [0.29, 0.717) is 0 Å². The molecular formula is C44H29N2O+. The number of pyridine rings is 2. The third kappa shape index (κ3) is 3.80. The van der Waals surface area contributed by atoms with Gasteiger partial charge in [-0.3, -0.25) is 9.36 Å². The second kappa shape index (κ2) is 9.97. The second-order valence-corrected chi connectivity index (χ2v) is 12.7. The lowest BCUT2D eigenvalue weighted by Gasteiger charge is -2.24. The number of hydrogen-bond acceptors (Lipinski definition) is 1. The summed E-state index contributed by atoms with van der Waals surface area (Å²) < 4.78 is 4.29. The fourth-order valence-electron chi connectivity index (χ4n) is 8.10. The minimum atomic E-state index is -0.00344. The first-order valence-electron chi connectivity index (χ1n) is 16.2. The molecule has 2 aromatic heterocycles. The highest BCUT2D eigenvalue weighted by molar-refractivity contribution is 6.25. The van der Waals surface area contributed by atoms with Crippen molar-refractivity contribution >= 4 is 54.0 Å². The Bertz CT molecular complexity index is 2810. The number of nitrogens with zero attached hydrogens (tertiary/aromatic N) is 2. The molecule has 2 heterocycles. The van der Waals surface area contributed by atoms with Gasteiger partial charge in [-0.25, -0.2) is 0 Å². The summed E-state index contributed by atoms with van der Waals surface area (Å²) >= 11 is 0. The molecule has 47 heavy (non-hydrogen) atoms. The summed E-state index contributed by atoms with van der Waals surface area (Å²) in [7, 11) is 0. The quantitative estimate of drug-likeness (QED) is 0.143. The van der Waals surface area contributed by atoms with Gasteiger partial charge >= 0.3 is 0 Å². The van der Waals surface area contributed by atoms with Crippen LogP contribution in [0.3, 0.4) is 0 Å². The van der Waals surface area contributed by atoms with Gasteiger partial charge in [0.05, 0.1) is 10.9 Å². The van der Waals surface area contributed by atoms with E-state index in [1.165, 1.54) is 49.2 Å². The molecule has 1 aliphatic carbocycles. The van der Waals surface area contributed by atoms with Crippen LogP contribution in [0.15, 0.2) is 163 Å². The number of para-hydroxylation sites is 1. The molecule has 0 fully saturated rings. The Morgan fingerprint density at radius 2 is 1.11 bits per heavy atom. The average Bonchev–Trinajstić information content (AvgIpc) is 3.14. The van der Waals surface area contributed by atoms with Crippen LogP contribution in [-0.4, -0.2) is 4.57 Å². The van der Waals surface area contributed by atoms with Crippen molar-refractivity contribution in [1.82, 2.24) is 4.57 Å². The third-order valence-electron chi connectivity index (χ3n) is 10.2. The van der Waals surface area contributed by atoms with E-state index in [-0.39, 0.29) is 11.6 Å². The Balaban J connectivity index is 1.27. The van der Waals surface area contributed by atoms with Crippen LogP contribution in [0.5, 0.6) is 0 Å². The number of benzene rings is 7. The molecule has 220 valence electrons. The highest BCUT2D eigenvalue weighted by Crippen LogP contribution is 2.40. The van der Waals surface area contributed by atoms with Crippen LogP contribution in [0.25, 0.3) is 70.8 Å². The summed E-state index contributed by atoms with van der Waals surface area (Å²) in [5, 5.41) is 9.94. The highest BCUT2D eigenvalue weighted by Gasteiger charge is 2.31. The van der Waals surface area contributed by atoms with Crippen LogP contribution >= 0.6 is 0 Å². The van der Waals surface area contributed by atoms with Crippen LogP contribution in [0.2, 0.25) is 0 Å². The van der Waals surface area contributed by atoms with E-state index in [1.54, 1.807) is 0 Å². The van der Waals surface area contributed by atoms with E-state index in [9.17, 15) is 4.79 Å². The molecule has 0 radical (unpaired) electrons. The summed E-state index contributed by atoms with van der Waals surface area (Å²) in [5.41, 5.74) is 7.13. The summed E-state index contributed by atoms with van der Waals surface area (Å²) in [4.78, 5) is 14.2. The first-order valence-corrected chi connectivity index (χ1v) is 16.2. The first kappa shape index (κ1) is 26.2. The van der Waals surface area contributed by atoms with Gasteiger partial charge in [0, 0.05) is 39.9 Å². The van der Waals surface area contributed by atoms with Gasteiger partial charge in [-0.2, -0.15) is 4.57 Å². The predicted octanol–water partition coefficient (Wildman–Crippen LogP) is 9.70. The molecule has 1 aliphatic rings. The molecule has 7 aromatic carbocycles.